The molecule has 8 aromatic rings. The minimum atomic E-state index is -1.03. The number of hydrogen-bond acceptors (Lipinski definition) is 10. The van der Waals surface area contributed by atoms with Gasteiger partial charge in [-0.05, 0) is 146 Å². The van der Waals surface area contributed by atoms with Crippen LogP contribution in [0.1, 0.15) is 127 Å². The summed E-state index contributed by atoms with van der Waals surface area (Å²) < 4.78 is 73.2. The molecule has 2 spiro atoms. The van der Waals surface area contributed by atoms with Crippen molar-refractivity contribution in [3.8, 4) is 31.0 Å². The van der Waals surface area contributed by atoms with Crippen LogP contribution in [0.3, 0.4) is 0 Å². The molecular formula is C54H32F4O6S4. The van der Waals surface area contributed by atoms with E-state index in [0.29, 0.717) is 21.5 Å². The second kappa shape index (κ2) is 14.3. The van der Waals surface area contributed by atoms with Crippen molar-refractivity contribution < 1.29 is 46.2 Å². The Morgan fingerprint density at radius 3 is 1.06 bits per heavy atom. The number of rotatable bonds is 2. The first-order valence-electron chi connectivity index (χ1n) is 22.6. The summed E-state index contributed by atoms with van der Waals surface area (Å²) >= 11 is 6.30. The van der Waals surface area contributed by atoms with Gasteiger partial charge < -0.3 is 9.47 Å². The molecule has 6 aliphatic rings. The topological polar surface area (TPSA) is 86.7 Å². The first-order valence-corrected chi connectivity index (χ1v) is 25.9. The molecule has 4 aliphatic carbocycles. The van der Waals surface area contributed by atoms with E-state index in [-0.39, 0.29) is 33.4 Å². The van der Waals surface area contributed by atoms with E-state index in [1.807, 2.05) is 0 Å². The summed E-state index contributed by atoms with van der Waals surface area (Å²) in [5.41, 5.74) is 1.57. The van der Waals surface area contributed by atoms with Crippen molar-refractivity contribution in [1.82, 2.24) is 0 Å². The number of allylic oxidation sites excluding steroid dienone is 2. The molecule has 0 bridgehead atoms. The lowest BCUT2D eigenvalue weighted by atomic mass is 9.78. The van der Waals surface area contributed by atoms with Crippen LogP contribution in [-0.4, -0.2) is 23.1 Å². The predicted molar refractivity (Wildman–Crippen MR) is 258 cm³/mol. The van der Waals surface area contributed by atoms with Gasteiger partial charge in [-0.15, -0.1) is 45.3 Å². The van der Waals surface area contributed by atoms with Crippen molar-refractivity contribution in [2.24, 2.45) is 0 Å². The molecular weight excluding hydrogens is 949 g/mol. The van der Waals surface area contributed by atoms with Gasteiger partial charge in [-0.25, -0.2) is 17.6 Å². The summed E-state index contributed by atoms with van der Waals surface area (Å²) in [4.78, 5) is 60.9. The highest BCUT2D eigenvalue weighted by Crippen LogP contribution is 2.66. The fourth-order valence-corrected chi connectivity index (χ4v) is 16.8. The van der Waals surface area contributed by atoms with Gasteiger partial charge in [0.15, 0.2) is 57.9 Å². The van der Waals surface area contributed by atoms with Crippen LogP contribution in [0.2, 0.25) is 0 Å². The third-order valence-corrected chi connectivity index (χ3v) is 19.8. The number of ketones is 4. The van der Waals surface area contributed by atoms with E-state index in [2.05, 4.69) is 12.1 Å². The highest BCUT2D eigenvalue weighted by molar-refractivity contribution is 7.35. The van der Waals surface area contributed by atoms with Crippen LogP contribution < -0.4 is 9.47 Å². The van der Waals surface area contributed by atoms with E-state index in [1.54, 1.807) is 34.8 Å². The summed E-state index contributed by atoms with van der Waals surface area (Å²) in [5.74, 6) is -4.30. The van der Waals surface area contributed by atoms with Crippen LogP contribution in [0.4, 0.5) is 17.6 Å². The minimum Gasteiger partial charge on any atom is -0.479 e. The molecule has 2 fully saturated rings. The quantitative estimate of drug-likeness (QED) is 0.0974. The van der Waals surface area contributed by atoms with Gasteiger partial charge >= 0.3 is 0 Å². The molecule has 14 heteroatoms. The fraction of sp³-hybridized carbons (Fsp3) is 0.222. The van der Waals surface area contributed by atoms with Crippen molar-refractivity contribution >= 4 is 112 Å². The molecule has 6 heterocycles. The molecule has 0 saturated heterocycles. The van der Waals surface area contributed by atoms with Crippen LogP contribution in [-0.2, 0) is 11.2 Å². The zero-order valence-corrected chi connectivity index (χ0v) is 38.9. The first kappa shape index (κ1) is 41.0. The van der Waals surface area contributed by atoms with Crippen molar-refractivity contribution in [3.63, 3.8) is 0 Å². The average Bonchev–Trinajstić information content (AvgIpc) is 4.18. The molecule has 0 amide bonds. The standard InChI is InChI=1S/C54H32F4O6S4/c55-37-15-23-11-29-30(12-24(23)16-38(37)56)42(60)33(41(29)59)19-27-21-35-47(65-27)49-45(63-53(35)7-3-1-4-8-53)51-52(67-49)46-50(68-51)48-36(54(64-46)9-5-2-6-10-54)22-28(66-48)20-34-43(61)31-13-25-17-39(57)40(58)18-26(25)14-32(31)44(34)62/h11-22H,1-10H2. The van der Waals surface area contributed by atoms with Crippen LogP contribution in [0.5, 0.6) is 11.5 Å². The van der Waals surface area contributed by atoms with Gasteiger partial charge in [-0.1, -0.05) is 12.8 Å². The Hall–Kier alpha value is -6.06. The SMILES string of the molecule is O=C1C(=Cc2cc3c(s2)-c2sc4c5c(sc4c2OC32CCCCC2)-c2sc(C=C3C(=O)c4cc6cc(F)c(F)cc6cc4C3=O)cc2C2(CCCCC2)O5)C(=O)c2cc3cc(F)c(F)cc3cc21. The zero-order valence-electron chi connectivity index (χ0n) is 35.6. The number of fused-ring (bicyclic) bond motifs is 15. The summed E-state index contributed by atoms with van der Waals surface area (Å²) in [6.45, 7) is 0. The molecule has 14 rings (SSSR count). The van der Waals surface area contributed by atoms with Crippen molar-refractivity contribution in [2.45, 2.75) is 75.4 Å². The maximum Gasteiger partial charge on any atom is 0.197 e. The van der Waals surface area contributed by atoms with Crippen molar-refractivity contribution in [1.29, 1.82) is 0 Å². The fourth-order valence-electron chi connectivity index (χ4n) is 11.5. The van der Waals surface area contributed by atoms with Crippen molar-refractivity contribution in [2.75, 3.05) is 0 Å². The number of thiophene rings is 4. The molecule has 2 saturated carbocycles. The molecule has 2 aliphatic heterocycles. The molecule has 68 heavy (non-hydrogen) atoms. The molecule has 6 nitrogen and oxygen atoms in total. The molecule has 4 aromatic heterocycles. The lowest BCUT2D eigenvalue weighted by molar-refractivity contribution is 0.0258. The van der Waals surface area contributed by atoms with Gasteiger partial charge in [0.25, 0.3) is 0 Å². The Morgan fingerprint density at radius 1 is 0.412 bits per heavy atom. The molecule has 4 aromatic carbocycles. The van der Waals surface area contributed by atoms with E-state index in [9.17, 15) is 36.7 Å². The summed E-state index contributed by atoms with van der Waals surface area (Å²) in [6, 6.07) is 14.2. The van der Waals surface area contributed by atoms with E-state index in [1.165, 1.54) is 46.9 Å². The number of halogens is 4. The average molecular weight is 981 g/mol. The van der Waals surface area contributed by atoms with E-state index in [0.717, 1.165) is 150 Å². The van der Waals surface area contributed by atoms with Crippen molar-refractivity contribution in [3.05, 3.63) is 138 Å². The predicted octanol–water partition coefficient (Wildman–Crippen LogP) is 15.3. The van der Waals surface area contributed by atoms with Gasteiger partial charge in [-0.3, -0.25) is 19.2 Å². The van der Waals surface area contributed by atoms with Gasteiger partial charge in [0, 0.05) is 43.1 Å². The molecule has 336 valence electrons. The third kappa shape index (κ3) is 5.65. The van der Waals surface area contributed by atoms with Gasteiger partial charge in [0.05, 0.1) is 40.1 Å². The Labute approximate surface area is 400 Å². The number of ether oxygens (including phenoxy) is 2. The molecule has 0 atom stereocenters. The first-order chi connectivity index (χ1) is 32.9. The molecule has 0 radical (unpaired) electrons. The summed E-state index contributed by atoms with van der Waals surface area (Å²) in [7, 11) is 0. The smallest absolute Gasteiger partial charge is 0.197 e. The van der Waals surface area contributed by atoms with Crippen LogP contribution >= 0.6 is 45.3 Å². The molecule has 0 N–H and O–H groups in total. The monoisotopic (exact) mass is 980 g/mol. The maximum absolute atomic E-state index is 14.2. The van der Waals surface area contributed by atoms with Gasteiger partial charge in [0.1, 0.15) is 11.2 Å². The Morgan fingerprint density at radius 2 is 0.735 bits per heavy atom. The van der Waals surface area contributed by atoms with Crippen LogP contribution in [0, 0.1) is 23.3 Å². The number of benzene rings is 4. The lowest BCUT2D eigenvalue weighted by Gasteiger charge is -2.41. The summed E-state index contributed by atoms with van der Waals surface area (Å²) in [5, 5.41) is 1.35. The van der Waals surface area contributed by atoms with Gasteiger partial charge in [0.2, 0.25) is 0 Å². The minimum absolute atomic E-state index is 0.0102. The second-order valence-electron chi connectivity index (χ2n) is 18.7. The summed E-state index contributed by atoms with van der Waals surface area (Å²) in [6.07, 6.45) is 12.6. The Kier molecular flexibility index (Phi) is 8.59. The third-order valence-electron chi connectivity index (χ3n) is 14.8. The van der Waals surface area contributed by atoms with Crippen LogP contribution in [0.25, 0.3) is 62.6 Å². The number of carbonyl (C=O) groups excluding carboxylic acids is 4. The number of carbonyl (C=O) groups is 4. The number of hydrogen-bond donors (Lipinski definition) is 0. The van der Waals surface area contributed by atoms with Crippen LogP contribution in [0.15, 0.2) is 71.8 Å². The second-order valence-corrected chi connectivity index (χ2v) is 22.9. The zero-order chi connectivity index (χ0) is 46.1. The number of Topliss-reactive ketones (excluding diaryl/α,β-unsaturated/α-hetero) is 4. The normalized spacial score (nSPS) is 18.5. The largest absolute Gasteiger partial charge is 0.479 e. The Balaban J connectivity index is 0.872. The Bertz CT molecular complexity index is 3420. The maximum atomic E-state index is 14.2. The van der Waals surface area contributed by atoms with E-state index < -0.39 is 57.6 Å². The van der Waals surface area contributed by atoms with Gasteiger partial charge in [-0.2, -0.15) is 0 Å². The highest BCUT2D eigenvalue weighted by Gasteiger charge is 2.49. The van der Waals surface area contributed by atoms with E-state index in [4.69, 9.17) is 9.47 Å². The highest BCUT2D eigenvalue weighted by atomic mass is 32.1. The molecule has 0 unspecified atom stereocenters. The van der Waals surface area contributed by atoms with E-state index >= 15 is 0 Å². The lowest BCUT2D eigenvalue weighted by Crippen LogP contribution is -2.37.